The Labute approximate surface area is 63.4 Å². The van der Waals surface area contributed by atoms with Gasteiger partial charge in [-0.3, -0.25) is 0 Å². The molecule has 60 valence electrons. The van der Waals surface area contributed by atoms with Gasteiger partial charge in [0.1, 0.15) is 0 Å². The average Bonchev–Trinajstić information content (AvgIpc) is 2.61. The van der Waals surface area contributed by atoms with Gasteiger partial charge in [-0.2, -0.15) is 0 Å². The van der Waals surface area contributed by atoms with E-state index in [-0.39, 0.29) is 0 Å². The van der Waals surface area contributed by atoms with Crippen LogP contribution in [0.3, 0.4) is 0 Å². The van der Waals surface area contributed by atoms with Crippen molar-refractivity contribution in [2.45, 2.75) is 12.8 Å². The van der Waals surface area contributed by atoms with Crippen LogP contribution in [0.2, 0.25) is 0 Å². The number of hydrogen-bond acceptors (Lipinski definition) is 2. The summed E-state index contributed by atoms with van der Waals surface area (Å²) in [7, 11) is 4.25. The molecule has 1 saturated carbocycles. The Morgan fingerprint density at radius 3 is 2.50 bits per heavy atom. The van der Waals surface area contributed by atoms with Crippen LogP contribution in [0.5, 0.6) is 0 Å². The summed E-state index contributed by atoms with van der Waals surface area (Å²) in [5, 5.41) is 0. The third kappa shape index (κ3) is 2.27. The standard InChI is InChI=1S/C8H18N2/c1-10(2)4-3-7-5-8(7)6-9/h7-8H,3-6,9H2,1-2H3/t7-,8+/m1/s1. The number of nitrogens with zero attached hydrogens (tertiary/aromatic N) is 1. The number of rotatable bonds is 4. The second-order valence-electron chi connectivity index (χ2n) is 3.58. The van der Waals surface area contributed by atoms with Gasteiger partial charge in [-0.25, -0.2) is 0 Å². The predicted octanol–water partition coefficient (Wildman–Crippen LogP) is 0.533. The maximum Gasteiger partial charge on any atom is -0.00221 e. The second kappa shape index (κ2) is 3.35. The average molecular weight is 142 g/mol. The van der Waals surface area contributed by atoms with Crippen molar-refractivity contribution in [1.82, 2.24) is 4.90 Å². The van der Waals surface area contributed by atoms with E-state index < -0.39 is 0 Å². The summed E-state index contributed by atoms with van der Waals surface area (Å²) in [6, 6.07) is 0. The van der Waals surface area contributed by atoms with Gasteiger partial charge >= 0.3 is 0 Å². The minimum atomic E-state index is 0.861. The minimum absolute atomic E-state index is 0.861. The topological polar surface area (TPSA) is 29.3 Å². The molecule has 0 aromatic rings. The predicted molar refractivity (Wildman–Crippen MR) is 43.8 cm³/mol. The van der Waals surface area contributed by atoms with Crippen LogP contribution in [0.4, 0.5) is 0 Å². The van der Waals surface area contributed by atoms with Crippen molar-refractivity contribution in [3.63, 3.8) is 0 Å². The van der Waals surface area contributed by atoms with Gasteiger partial charge in [0, 0.05) is 0 Å². The highest BCUT2D eigenvalue weighted by Crippen LogP contribution is 2.39. The van der Waals surface area contributed by atoms with Crippen LogP contribution in [0, 0.1) is 11.8 Å². The molecular formula is C8H18N2. The molecule has 1 aliphatic rings. The first kappa shape index (κ1) is 8.02. The normalized spacial score (nSPS) is 31.2. The molecule has 1 aliphatic carbocycles. The molecule has 0 spiro atoms. The van der Waals surface area contributed by atoms with Crippen LogP contribution in [-0.4, -0.2) is 32.1 Å². The lowest BCUT2D eigenvalue weighted by Gasteiger charge is -2.07. The van der Waals surface area contributed by atoms with Crippen LogP contribution in [0.15, 0.2) is 0 Å². The molecule has 0 amide bonds. The third-order valence-electron chi connectivity index (χ3n) is 2.32. The van der Waals surface area contributed by atoms with Gasteiger partial charge in [0.05, 0.1) is 0 Å². The largest absolute Gasteiger partial charge is 0.330 e. The first-order valence-corrected chi connectivity index (χ1v) is 4.09. The van der Waals surface area contributed by atoms with E-state index in [1.807, 2.05) is 0 Å². The summed E-state index contributed by atoms with van der Waals surface area (Å²) >= 11 is 0. The van der Waals surface area contributed by atoms with Crippen molar-refractivity contribution in [3.8, 4) is 0 Å². The summed E-state index contributed by atoms with van der Waals surface area (Å²) < 4.78 is 0. The van der Waals surface area contributed by atoms with E-state index >= 15 is 0 Å². The van der Waals surface area contributed by atoms with Gasteiger partial charge < -0.3 is 10.6 Å². The van der Waals surface area contributed by atoms with Crippen molar-refractivity contribution in [3.05, 3.63) is 0 Å². The van der Waals surface area contributed by atoms with E-state index in [0.29, 0.717) is 0 Å². The number of hydrogen-bond donors (Lipinski definition) is 1. The first-order valence-electron chi connectivity index (χ1n) is 4.09. The van der Waals surface area contributed by atoms with Crippen molar-refractivity contribution in [1.29, 1.82) is 0 Å². The van der Waals surface area contributed by atoms with E-state index in [2.05, 4.69) is 19.0 Å². The van der Waals surface area contributed by atoms with Crippen LogP contribution in [0.1, 0.15) is 12.8 Å². The molecule has 10 heavy (non-hydrogen) atoms. The maximum atomic E-state index is 5.52. The van der Waals surface area contributed by atoms with Crippen molar-refractivity contribution < 1.29 is 0 Å². The zero-order valence-corrected chi connectivity index (χ0v) is 7.01. The molecule has 1 fully saturated rings. The molecule has 2 heteroatoms. The maximum absolute atomic E-state index is 5.52. The molecule has 0 unspecified atom stereocenters. The molecule has 2 atom stereocenters. The lowest BCUT2D eigenvalue weighted by Crippen LogP contribution is -2.14. The molecule has 0 radical (unpaired) electrons. The van der Waals surface area contributed by atoms with Crippen LogP contribution >= 0.6 is 0 Å². The van der Waals surface area contributed by atoms with E-state index in [0.717, 1.165) is 18.4 Å². The van der Waals surface area contributed by atoms with Gasteiger partial charge in [-0.05, 0) is 51.9 Å². The Morgan fingerprint density at radius 2 is 2.10 bits per heavy atom. The van der Waals surface area contributed by atoms with E-state index in [4.69, 9.17) is 5.73 Å². The van der Waals surface area contributed by atoms with Crippen molar-refractivity contribution in [2.75, 3.05) is 27.2 Å². The highest BCUT2D eigenvalue weighted by atomic mass is 15.0. The Hall–Kier alpha value is -0.0800. The van der Waals surface area contributed by atoms with Gasteiger partial charge in [0.15, 0.2) is 0 Å². The fraction of sp³-hybridized carbons (Fsp3) is 1.00. The Bertz CT molecular complexity index is 101. The zero-order chi connectivity index (χ0) is 7.56. The second-order valence-corrected chi connectivity index (χ2v) is 3.58. The third-order valence-corrected chi connectivity index (χ3v) is 2.32. The fourth-order valence-corrected chi connectivity index (χ4v) is 1.38. The number of nitrogens with two attached hydrogens (primary N) is 1. The molecule has 0 heterocycles. The zero-order valence-electron chi connectivity index (χ0n) is 7.01. The lowest BCUT2D eigenvalue weighted by molar-refractivity contribution is 0.384. The molecule has 2 N–H and O–H groups in total. The van der Waals surface area contributed by atoms with Gasteiger partial charge in [0.2, 0.25) is 0 Å². The molecule has 2 nitrogen and oxygen atoms in total. The van der Waals surface area contributed by atoms with E-state index in [1.54, 1.807) is 0 Å². The summed E-state index contributed by atoms with van der Waals surface area (Å²) in [5.74, 6) is 1.81. The van der Waals surface area contributed by atoms with E-state index in [9.17, 15) is 0 Å². The molecule has 1 rings (SSSR count). The van der Waals surface area contributed by atoms with Crippen molar-refractivity contribution >= 4 is 0 Å². The Balaban J connectivity index is 1.96. The van der Waals surface area contributed by atoms with E-state index in [1.165, 1.54) is 19.4 Å². The summed E-state index contributed by atoms with van der Waals surface area (Å²) in [5.41, 5.74) is 5.52. The molecular weight excluding hydrogens is 124 g/mol. The van der Waals surface area contributed by atoms with Crippen LogP contribution < -0.4 is 5.73 Å². The quantitative estimate of drug-likeness (QED) is 0.620. The molecule has 0 aliphatic heterocycles. The molecule has 0 aromatic carbocycles. The van der Waals surface area contributed by atoms with Crippen LogP contribution in [0.25, 0.3) is 0 Å². The summed E-state index contributed by atoms with van der Waals surface area (Å²) in [6.45, 7) is 2.12. The summed E-state index contributed by atoms with van der Waals surface area (Å²) in [6.07, 6.45) is 2.72. The Morgan fingerprint density at radius 1 is 1.40 bits per heavy atom. The SMILES string of the molecule is CN(C)CC[C@@H]1C[C@H]1CN. The Kier molecular flexibility index (Phi) is 2.69. The fourth-order valence-electron chi connectivity index (χ4n) is 1.38. The highest BCUT2D eigenvalue weighted by molar-refractivity contribution is 4.86. The van der Waals surface area contributed by atoms with Gasteiger partial charge in [-0.15, -0.1) is 0 Å². The van der Waals surface area contributed by atoms with Crippen LogP contribution in [-0.2, 0) is 0 Å². The molecule has 0 saturated heterocycles. The lowest BCUT2D eigenvalue weighted by atomic mass is 10.2. The monoisotopic (exact) mass is 142 g/mol. The highest BCUT2D eigenvalue weighted by Gasteiger charge is 2.34. The minimum Gasteiger partial charge on any atom is -0.330 e. The first-order chi connectivity index (χ1) is 4.74. The van der Waals surface area contributed by atoms with Gasteiger partial charge in [0.25, 0.3) is 0 Å². The van der Waals surface area contributed by atoms with Crippen molar-refractivity contribution in [2.24, 2.45) is 17.6 Å². The summed E-state index contributed by atoms with van der Waals surface area (Å²) in [4.78, 5) is 2.24. The molecule has 0 aromatic heterocycles. The molecule has 0 bridgehead atoms. The van der Waals surface area contributed by atoms with Gasteiger partial charge in [-0.1, -0.05) is 0 Å². The smallest absolute Gasteiger partial charge is 0.00221 e.